The van der Waals surface area contributed by atoms with E-state index in [1.54, 1.807) is 0 Å². The van der Waals surface area contributed by atoms with Gasteiger partial charge in [0.25, 0.3) is 0 Å². The van der Waals surface area contributed by atoms with Crippen molar-refractivity contribution in [1.29, 1.82) is 0 Å². The van der Waals surface area contributed by atoms with Gasteiger partial charge in [-0.1, -0.05) is 33.1 Å². The molecule has 0 saturated heterocycles. The highest BCUT2D eigenvalue weighted by Gasteiger charge is 2.10. The lowest BCUT2D eigenvalue weighted by Gasteiger charge is -2.17. The first-order chi connectivity index (χ1) is 5.29. The third-order valence-corrected chi connectivity index (χ3v) is 2.17. The molecule has 0 heterocycles. The second-order valence-electron chi connectivity index (χ2n) is 3.83. The summed E-state index contributed by atoms with van der Waals surface area (Å²) in [5, 5.41) is 0. The first-order valence-electron chi connectivity index (χ1n) is 4.82. The smallest absolute Gasteiger partial charge is 0.0495 e. The second kappa shape index (κ2) is 4.53. The van der Waals surface area contributed by atoms with Crippen molar-refractivity contribution in [2.75, 3.05) is 0 Å². The average Bonchev–Trinajstić information content (AvgIpc) is 2.03. The van der Waals surface area contributed by atoms with Crippen LogP contribution in [0.15, 0.2) is 4.99 Å². The Morgan fingerprint density at radius 1 is 1.18 bits per heavy atom. The summed E-state index contributed by atoms with van der Waals surface area (Å²) in [6, 6.07) is 0.658. The molecule has 1 fully saturated rings. The van der Waals surface area contributed by atoms with Crippen LogP contribution in [0.25, 0.3) is 0 Å². The fourth-order valence-electron chi connectivity index (χ4n) is 1.52. The highest BCUT2D eigenvalue weighted by atomic mass is 14.8. The average molecular weight is 153 g/mol. The van der Waals surface area contributed by atoms with Gasteiger partial charge in [-0.15, -0.1) is 0 Å². The van der Waals surface area contributed by atoms with Crippen LogP contribution < -0.4 is 0 Å². The monoisotopic (exact) mass is 153 g/mol. The molecule has 1 aliphatic carbocycles. The van der Waals surface area contributed by atoms with Gasteiger partial charge in [0.2, 0.25) is 0 Å². The topological polar surface area (TPSA) is 12.4 Å². The Balaban J connectivity index is 2.23. The third kappa shape index (κ3) is 3.54. The predicted molar refractivity (Wildman–Crippen MR) is 50.2 cm³/mol. The predicted octanol–water partition coefficient (Wildman–Crippen LogP) is 3.05. The van der Waals surface area contributed by atoms with Gasteiger partial charge in [-0.05, 0) is 18.8 Å². The fraction of sp³-hybridized carbons (Fsp3) is 0.900. The Morgan fingerprint density at radius 2 is 1.82 bits per heavy atom. The van der Waals surface area contributed by atoms with Crippen molar-refractivity contribution in [3.63, 3.8) is 0 Å². The third-order valence-electron chi connectivity index (χ3n) is 2.17. The highest BCUT2D eigenvalue weighted by Crippen LogP contribution is 2.19. The second-order valence-corrected chi connectivity index (χ2v) is 3.83. The highest BCUT2D eigenvalue weighted by molar-refractivity contribution is 5.59. The van der Waals surface area contributed by atoms with Gasteiger partial charge >= 0.3 is 0 Å². The van der Waals surface area contributed by atoms with Crippen LogP contribution in [0.1, 0.15) is 46.0 Å². The van der Waals surface area contributed by atoms with Gasteiger partial charge in [0.1, 0.15) is 0 Å². The zero-order valence-corrected chi connectivity index (χ0v) is 7.71. The summed E-state index contributed by atoms with van der Waals surface area (Å²) in [5.74, 6) is 0.622. The van der Waals surface area contributed by atoms with Gasteiger partial charge in [0.15, 0.2) is 0 Å². The van der Waals surface area contributed by atoms with Crippen molar-refractivity contribution >= 4 is 6.21 Å². The van der Waals surface area contributed by atoms with E-state index in [2.05, 4.69) is 25.1 Å². The lowest BCUT2D eigenvalue weighted by atomic mass is 9.96. The van der Waals surface area contributed by atoms with Crippen molar-refractivity contribution in [2.45, 2.75) is 52.0 Å². The molecule has 0 aromatic carbocycles. The Labute approximate surface area is 69.9 Å². The molecule has 1 nitrogen and oxygen atoms in total. The molecular weight excluding hydrogens is 134 g/mol. The SMILES string of the molecule is CC(C)C=NC1CCCCC1. The minimum Gasteiger partial charge on any atom is -0.294 e. The Kier molecular flexibility index (Phi) is 3.61. The minimum atomic E-state index is 0.622. The number of rotatable bonds is 2. The molecule has 1 rings (SSSR count). The normalized spacial score (nSPS) is 21.7. The summed E-state index contributed by atoms with van der Waals surface area (Å²) in [7, 11) is 0. The van der Waals surface area contributed by atoms with E-state index in [1.165, 1.54) is 32.1 Å². The molecule has 0 spiro atoms. The van der Waals surface area contributed by atoms with Crippen LogP contribution in [0.3, 0.4) is 0 Å². The number of aliphatic imine (C=N–C) groups is 1. The van der Waals surface area contributed by atoms with Crippen LogP contribution in [-0.4, -0.2) is 12.3 Å². The number of nitrogens with zero attached hydrogens (tertiary/aromatic N) is 1. The van der Waals surface area contributed by atoms with Crippen LogP contribution >= 0.6 is 0 Å². The van der Waals surface area contributed by atoms with E-state index in [0.29, 0.717) is 12.0 Å². The van der Waals surface area contributed by atoms with Gasteiger partial charge in [0, 0.05) is 12.3 Å². The summed E-state index contributed by atoms with van der Waals surface area (Å²) in [4.78, 5) is 4.56. The summed E-state index contributed by atoms with van der Waals surface area (Å²) >= 11 is 0. The van der Waals surface area contributed by atoms with E-state index in [-0.39, 0.29) is 0 Å². The number of hydrogen-bond donors (Lipinski definition) is 0. The Hall–Kier alpha value is -0.330. The molecule has 0 aromatic heterocycles. The zero-order chi connectivity index (χ0) is 8.10. The van der Waals surface area contributed by atoms with Crippen molar-refractivity contribution < 1.29 is 0 Å². The number of hydrogen-bond acceptors (Lipinski definition) is 1. The van der Waals surface area contributed by atoms with Crippen LogP contribution in [0, 0.1) is 5.92 Å². The van der Waals surface area contributed by atoms with Crippen LogP contribution in [0.5, 0.6) is 0 Å². The maximum absolute atomic E-state index is 4.56. The lowest BCUT2D eigenvalue weighted by molar-refractivity contribution is 0.443. The summed E-state index contributed by atoms with van der Waals surface area (Å²) in [5.41, 5.74) is 0. The molecule has 0 amide bonds. The summed E-state index contributed by atoms with van der Waals surface area (Å²) < 4.78 is 0. The van der Waals surface area contributed by atoms with E-state index in [9.17, 15) is 0 Å². The molecule has 1 aliphatic rings. The van der Waals surface area contributed by atoms with Gasteiger partial charge in [-0.2, -0.15) is 0 Å². The van der Waals surface area contributed by atoms with Crippen molar-refractivity contribution in [1.82, 2.24) is 0 Å². The van der Waals surface area contributed by atoms with Crippen LogP contribution in [0.4, 0.5) is 0 Å². The molecule has 0 aromatic rings. The largest absolute Gasteiger partial charge is 0.294 e. The first-order valence-corrected chi connectivity index (χ1v) is 4.82. The Morgan fingerprint density at radius 3 is 2.36 bits per heavy atom. The summed E-state index contributed by atoms with van der Waals surface area (Å²) in [6.07, 6.45) is 8.95. The standard InChI is InChI=1S/C10H19N/c1-9(2)8-11-10-6-4-3-5-7-10/h8-10H,3-7H2,1-2H3. The quantitative estimate of drug-likeness (QED) is 0.541. The molecule has 0 radical (unpaired) electrons. The lowest BCUT2D eigenvalue weighted by Crippen LogP contribution is -2.10. The molecule has 11 heavy (non-hydrogen) atoms. The Bertz CT molecular complexity index is 121. The molecule has 0 aliphatic heterocycles. The molecule has 0 N–H and O–H groups in total. The van der Waals surface area contributed by atoms with E-state index in [0.717, 1.165) is 0 Å². The van der Waals surface area contributed by atoms with E-state index < -0.39 is 0 Å². The van der Waals surface area contributed by atoms with Gasteiger partial charge < -0.3 is 0 Å². The van der Waals surface area contributed by atoms with E-state index in [4.69, 9.17) is 0 Å². The van der Waals surface area contributed by atoms with Gasteiger partial charge in [-0.25, -0.2) is 0 Å². The van der Waals surface area contributed by atoms with Gasteiger partial charge in [0.05, 0.1) is 0 Å². The molecule has 0 atom stereocenters. The molecular formula is C10H19N. The molecule has 1 heteroatoms. The van der Waals surface area contributed by atoms with Crippen LogP contribution in [0.2, 0.25) is 0 Å². The molecule has 1 saturated carbocycles. The zero-order valence-electron chi connectivity index (χ0n) is 7.71. The molecule has 0 unspecified atom stereocenters. The van der Waals surface area contributed by atoms with Gasteiger partial charge in [-0.3, -0.25) is 4.99 Å². The van der Waals surface area contributed by atoms with Crippen molar-refractivity contribution in [3.05, 3.63) is 0 Å². The fourth-order valence-corrected chi connectivity index (χ4v) is 1.52. The minimum absolute atomic E-state index is 0.622. The maximum Gasteiger partial charge on any atom is 0.0495 e. The first kappa shape index (κ1) is 8.76. The molecule has 64 valence electrons. The van der Waals surface area contributed by atoms with Crippen LogP contribution in [-0.2, 0) is 0 Å². The van der Waals surface area contributed by atoms with Crippen molar-refractivity contribution in [2.24, 2.45) is 10.9 Å². The van der Waals surface area contributed by atoms with E-state index in [1.807, 2.05) is 0 Å². The maximum atomic E-state index is 4.56. The van der Waals surface area contributed by atoms with E-state index >= 15 is 0 Å². The van der Waals surface area contributed by atoms with Crippen molar-refractivity contribution in [3.8, 4) is 0 Å². The molecule has 0 bridgehead atoms. The summed E-state index contributed by atoms with van der Waals surface area (Å²) in [6.45, 7) is 4.37.